The fraction of sp³-hybridized carbons (Fsp3) is 0.150. The average molecular weight is 445 g/mol. The number of urea groups is 1. The number of hydrogen-bond donors (Lipinski definition) is 1. The van der Waals surface area contributed by atoms with Gasteiger partial charge in [0.1, 0.15) is 17.1 Å². The molecule has 2 aromatic rings. The number of carbonyl (C=O) groups excluding carboxylic acids is 3. The van der Waals surface area contributed by atoms with Gasteiger partial charge in [-0.05, 0) is 49.4 Å². The Morgan fingerprint density at radius 1 is 1.00 bits per heavy atom. The van der Waals surface area contributed by atoms with Crippen LogP contribution < -0.4 is 19.7 Å². The van der Waals surface area contributed by atoms with Crippen LogP contribution in [-0.4, -0.2) is 32.1 Å². The lowest BCUT2D eigenvalue weighted by Crippen LogP contribution is -2.54. The van der Waals surface area contributed by atoms with Crippen LogP contribution >= 0.6 is 15.9 Å². The number of halogens is 1. The average Bonchev–Trinajstić information content (AvgIpc) is 2.66. The van der Waals surface area contributed by atoms with E-state index in [4.69, 9.17) is 9.47 Å². The zero-order valence-electron chi connectivity index (χ0n) is 15.4. The molecular weight excluding hydrogens is 428 g/mol. The minimum atomic E-state index is -0.799. The molecule has 28 heavy (non-hydrogen) atoms. The number of benzene rings is 2. The Hall–Kier alpha value is -3.13. The van der Waals surface area contributed by atoms with Crippen molar-refractivity contribution in [3.63, 3.8) is 0 Å². The van der Waals surface area contributed by atoms with Crippen molar-refractivity contribution in [1.29, 1.82) is 0 Å². The molecule has 1 fully saturated rings. The summed E-state index contributed by atoms with van der Waals surface area (Å²) in [6.07, 6.45) is 1.40. The predicted octanol–water partition coefficient (Wildman–Crippen LogP) is 3.44. The Morgan fingerprint density at radius 3 is 2.29 bits per heavy atom. The molecule has 0 saturated carbocycles. The molecule has 1 aliphatic heterocycles. The van der Waals surface area contributed by atoms with E-state index in [1.807, 2.05) is 0 Å². The van der Waals surface area contributed by atoms with Gasteiger partial charge in [0, 0.05) is 15.6 Å². The monoisotopic (exact) mass is 444 g/mol. The van der Waals surface area contributed by atoms with E-state index >= 15 is 0 Å². The fourth-order valence-corrected chi connectivity index (χ4v) is 3.20. The van der Waals surface area contributed by atoms with Crippen molar-refractivity contribution in [3.05, 3.63) is 57.6 Å². The molecule has 0 aliphatic carbocycles. The van der Waals surface area contributed by atoms with Gasteiger partial charge in [0.25, 0.3) is 11.8 Å². The maximum absolute atomic E-state index is 12.9. The Kier molecular flexibility index (Phi) is 5.51. The summed E-state index contributed by atoms with van der Waals surface area (Å²) >= 11 is 3.31. The van der Waals surface area contributed by atoms with E-state index in [1.165, 1.54) is 13.2 Å². The number of rotatable bonds is 4. The Balaban J connectivity index is 2.07. The molecule has 0 radical (unpaired) electrons. The van der Waals surface area contributed by atoms with Gasteiger partial charge >= 0.3 is 6.03 Å². The number of anilines is 1. The van der Waals surface area contributed by atoms with Crippen LogP contribution in [0, 0.1) is 6.92 Å². The molecule has 0 atom stereocenters. The second kappa shape index (κ2) is 7.85. The van der Waals surface area contributed by atoms with Crippen molar-refractivity contribution < 1.29 is 23.9 Å². The highest BCUT2D eigenvalue weighted by Crippen LogP contribution is 2.33. The van der Waals surface area contributed by atoms with Gasteiger partial charge in [0.05, 0.1) is 19.9 Å². The number of nitrogens with one attached hydrogen (secondary N) is 1. The second-order valence-electron chi connectivity index (χ2n) is 5.95. The van der Waals surface area contributed by atoms with Gasteiger partial charge in [-0.3, -0.25) is 14.9 Å². The largest absolute Gasteiger partial charge is 0.496 e. The lowest BCUT2D eigenvalue weighted by molar-refractivity contribution is -0.122. The van der Waals surface area contributed by atoms with Gasteiger partial charge in [0.2, 0.25) is 0 Å². The molecule has 2 aromatic carbocycles. The molecule has 0 spiro atoms. The van der Waals surface area contributed by atoms with Crippen LogP contribution in [0.2, 0.25) is 0 Å². The summed E-state index contributed by atoms with van der Waals surface area (Å²) in [5, 5.41) is 2.20. The third kappa shape index (κ3) is 3.50. The van der Waals surface area contributed by atoms with E-state index in [0.717, 1.165) is 14.9 Å². The molecule has 1 aliphatic rings. The lowest BCUT2D eigenvalue weighted by atomic mass is 10.0. The first kappa shape index (κ1) is 19.6. The molecular formula is C20H17BrN2O5. The van der Waals surface area contributed by atoms with E-state index in [-0.39, 0.29) is 5.57 Å². The first-order valence-electron chi connectivity index (χ1n) is 8.26. The van der Waals surface area contributed by atoms with Crippen molar-refractivity contribution in [2.45, 2.75) is 6.92 Å². The predicted molar refractivity (Wildman–Crippen MR) is 107 cm³/mol. The molecule has 4 amide bonds. The number of methoxy groups -OCH3 is 2. The summed E-state index contributed by atoms with van der Waals surface area (Å²) in [4.78, 5) is 38.5. The van der Waals surface area contributed by atoms with Crippen molar-refractivity contribution in [2.75, 3.05) is 19.1 Å². The number of amides is 4. The molecule has 8 heteroatoms. The number of hydrogen-bond acceptors (Lipinski definition) is 5. The lowest BCUT2D eigenvalue weighted by Gasteiger charge is -2.26. The third-order valence-electron chi connectivity index (χ3n) is 4.30. The topological polar surface area (TPSA) is 84.9 Å². The quantitative estimate of drug-likeness (QED) is 0.576. The summed E-state index contributed by atoms with van der Waals surface area (Å²) in [7, 11) is 3.03. The first-order chi connectivity index (χ1) is 13.4. The van der Waals surface area contributed by atoms with Gasteiger partial charge in [0.15, 0.2) is 0 Å². The SMILES string of the molecule is COc1ccc(/C=C2\C(=O)NC(=O)N(c3ccc(Br)cc3)C2=O)c(OC)c1C. The van der Waals surface area contributed by atoms with E-state index in [1.54, 1.807) is 50.4 Å². The maximum atomic E-state index is 12.9. The maximum Gasteiger partial charge on any atom is 0.335 e. The molecule has 144 valence electrons. The summed E-state index contributed by atoms with van der Waals surface area (Å²) in [6, 6.07) is 9.20. The third-order valence-corrected chi connectivity index (χ3v) is 4.83. The van der Waals surface area contributed by atoms with Crippen LogP contribution in [0.1, 0.15) is 11.1 Å². The molecule has 0 bridgehead atoms. The van der Waals surface area contributed by atoms with Crippen LogP contribution in [0.3, 0.4) is 0 Å². The van der Waals surface area contributed by atoms with Crippen molar-refractivity contribution >= 4 is 45.5 Å². The van der Waals surface area contributed by atoms with Crippen LogP contribution in [0.5, 0.6) is 11.5 Å². The van der Waals surface area contributed by atoms with E-state index < -0.39 is 17.8 Å². The number of imide groups is 2. The number of barbiturate groups is 1. The summed E-state index contributed by atoms with van der Waals surface area (Å²) in [5.41, 5.74) is 1.42. The molecule has 3 rings (SSSR count). The fourth-order valence-electron chi connectivity index (χ4n) is 2.94. The van der Waals surface area contributed by atoms with E-state index in [2.05, 4.69) is 21.2 Å². The summed E-state index contributed by atoms with van der Waals surface area (Å²) < 4.78 is 11.5. The molecule has 0 aromatic heterocycles. The Bertz CT molecular complexity index is 998. The van der Waals surface area contributed by atoms with Gasteiger partial charge in [-0.25, -0.2) is 9.69 Å². The smallest absolute Gasteiger partial charge is 0.335 e. The normalized spacial score (nSPS) is 15.6. The Morgan fingerprint density at radius 2 is 1.68 bits per heavy atom. The number of carbonyl (C=O) groups is 3. The van der Waals surface area contributed by atoms with Gasteiger partial charge in [-0.1, -0.05) is 15.9 Å². The Labute approximate surface area is 170 Å². The summed E-state index contributed by atoms with van der Waals surface area (Å²) in [5.74, 6) is -0.393. The van der Waals surface area contributed by atoms with Crippen LogP contribution in [0.15, 0.2) is 46.4 Å². The molecule has 0 unspecified atom stereocenters. The van der Waals surface area contributed by atoms with Crippen LogP contribution in [0.25, 0.3) is 6.08 Å². The van der Waals surface area contributed by atoms with Gasteiger partial charge in [-0.15, -0.1) is 0 Å². The highest BCUT2D eigenvalue weighted by Gasteiger charge is 2.37. The number of nitrogens with zero attached hydrogens (tertiary/aromatic N) is 1. The highest BCUT2D eigenvalue weighted by atomic mass is 79.9. The zero-order chi connectivity index (χ0) is 20.4. The van der Waals surface area contributed by atoms with Crippen molar-refractivity contribution in [1.82, 2.24) is 5.32 Å². The first-order valence-corrected chi connectivity index (χ1v) is 9.05. The second-order valence-corrected chi connectivity index (χ2v) is 6.87. The summed E-state index contributed by atoms with van der Waals surface area (Å²) in [6.45, 7) is 1.81. The zero-order valence-corrected chi connectivity index (χ0v) is 17.0. The molecule has 1 N–H and O–H groups in total. The minimum Gasteiger partial charge on any atom is -0.496 e. The van der Waals surface area contributed by atoms with E-state index in [9.17, 15) is 14.4 Å². The van der Waals surface area contributed by atoms with Crippen LogP contribution in [0.4, 0.5) is 10.5 Å². The molecule has 1 heterocycles. The van der Waals surface area contributed by atoms with E-state index in [0.29, 0.717) is 22.7 Å². The van der Waals surface area contributed by atoms with Crippen molar-refractivity contribution in [2.24, 2.45) is 0 Å². The molecule has 1 saturated heterocycles. The van der Waals surface area contributed by atoms with Crippen LogP contribution in [-0.2, 0) is 9.59 Å². The molecule has 7 nitrogen and oxygen atoms in total. The van der Waals surface area contributed by atoms with Gasteiger partial charge in [-0.2, -0.15) is 0 Å². The minimum absolute atomic E-state index is 0.176. The highest BCUT2D eigenvalue weighted by molar-refractivity contribution is 9.10. The van der Waals surface area contributed by atoms with Gasteiger partial charge < -0.3 is 9.47 Å². The number of ether oxygens (including phenoxy) is 2. The van der Waals surface area contributed by atoms with Crippen molar-refractivity contribution in [3.8, 4) is 11.5 Å². The standard InChI is InChI=1S/C20H17BrN2O5/c1-11-16(27-2)9-4-12(17(11)28-3)10-15-18(24)22-20(26)23(19(15)25)14-7-5-13(21)6-8-14/h4-10H,1-3H3,(H,22,24,26)/b15-10+.